The number of carbonyl (C=O) groups excluding carboxylic acids is 1. The van der Waals surface area contributed by atoms with Crippen LogP contribution in [0.5, 0.6) is 5.75 Å². The Morgan fingerprint density at radius 1 is 1.22 bits per heavy atom. The highest BCUT2D eigenvalue weighted by Gasteiger charge is 2.24. The van der Waals surface area contributed by atoms with Crippen LogP contribution in [0, 0.1) is 5.82 Å². The largest absolute Gasteiger partial charge is 0.496 e. The van der Waals surface area contributed by atoms with Gasteiger partial charge in [-0.1, -0.05) is 37.1 Å². The van der Waals surface area contributed by atoms with Gasteiger partial charge in [-0.05, 0) is 49.1 Å². The number of rotatable bonds is 6. The van der Waals surface area contributed by atoms with Gasteiger partial charge in [-0.3, -0.25) is 9.59 Å². The Morgan fingerprint density at radius 3 is 2.64 bits per heavy atom. The van der Waals surface area contributed by atoms with E-state index in [1.54, 1.807) is 0 Å². The summed E-state index contributed by atoms with van der Waals surface area (Å²) >= 11 is 0. The maximum Gasteiger partial charge on any atom is 0.288 e. The van der Waals surface area contributed by atoms with E-state index in [9.17, 15) is 14.0 Å². The zero-order valence-electron chi connectivity index (χ0n) is 20.2. The number of carbonyl (C=O) groups is 1. The smallest absolute Gasteiger partial charge is 0.288 e. The molecule has 2 heterocycles. The molecule has 0 bridgehead atoms. The van der Waals surface area contributed by atoms with Crippen molar-refractivity contribution < 1.29 is 13.9 Å². The van der Waals surface area contributed by atoms with Crippen LogP contribution in [0.1, 0.15) is 60.6 Å². The van der Waals surface area contributed by atoms with E-state index in [2.05, 4.69) is 20.1 Å². The predicted octanol–water partition coefficient (Wildman–Crippen LogP) is 4.73. The van der Waals surface area contributed by atoms with Crippen LogP contribution in [0.4, 0.5) is 10.2 Å². The second kappa shape index (κ2) is 9.49. The summed E-state index contributed by atoms with van der Waals surface area (Å²) in [7, 11) is 1.44. The second-order valence-corrected chi connectivity index (χ2v) is 9.21. The van der Waals surface area contributed by atoms with E-state index in [0.29, 0.717) is 16.7 Å². The average molecular weight is 490 g/mol. The number of fused-ring (bicyclic) bond motifs is 1. The van der Waals surface area contributed by atoms with Gasteiger partial charge in [0.15, 0.2) is 5.82 Å². The molecular formula is C27H28FN5O3. The normalized spacial score (nSPS) is 14.8. The fourth-order valence-electron chi connectivity index (χ4n) is 5.09. The van der Waals surface area contributed by atoms with Crippen LogP contribution < -0.4 is 21.3 Å². The van der Waals surface area contributed by atoms with Gasteiger partial charge in [-0.15, -0.1) is 0 Å². The van der Waals surface area contributed by atoms with Crippen molar-refractivity contribution in [2.24, 2.45) is 0 Å². The molecule has 1 atom stereocenters. The Labute approximate surface area is 207 Å². The molecule has 4 N–H and O–H groups in total. The third-order valence-corrected chi connectivity index (χ3v) is 6.98. The fourth-order valence-corrected chi connectivity index (χ4v) is 5.09. The molecule has 5 rings (SSSR count). The Hall–Kier alpha value is -4.14. The highest BCUT2D eigenvalue weighted by molar-refractivity contribution is 6.02. The lowest BCUT2D eigenvalue weighted by Crippen LogP contribution is -2.27. The van der Waals surface area contributed by atoms with Crippen LogP contribution in [0.2, 0.25) is 0 Å². The molecule has 1 amide bonds. The van der Waals surface area contributed by atoms with E-state index in [0.717, 1.165) is 48.4 Å². The molecule has 1 fully saturated rings. The Balaban J connectivity index is 1.44. The number of halogens is 1. The summed E-state index contributed by atoms with van der Waals surface area (Å²) in [5, 5.41) is 10.1. The fraction of sp³-hybridized carbons (Fsp3) is 0.296. The van der Waals surface area contributed by atoms with Crippen LogP contribution in [-0.4, -0.2) is 27.8 Å². The van der Waals surface area contributed by atoms with Crippen LogP contribution in [0.3, 0.4) is 0 Å². The molecule has 0 aliphatic heterocycles. The lowest BCUT2D eigenvalue weighted by atomic mass is 10.0. The molecule has 36 heavy (non-hydrogen) atoms. The molecule has 1 aliphatic rings. The molecule has 0 saturated heterocycles. The van der Waals surface area contributed by atoms with Crippen molar-refractivity contribution in [2.45, 2.75) is 44.7 Å². The van der Waals surface area contributed by atoms with Crippen molar-refractivity contribution in [1.82, 2.24) is 20.1 Å². The van der Waals surface area contributed by atoms with Gasteiger partial charge >= 0.3 is 0 Å². The average Bonchev–Trinajstić information content (AvgIpc) is 3.55. The number of amides is 1. The maximum atomic E-state index is 13.7. The summed E-state index contributed by atoms with van der Waals surface area (Å²) in [4.78, 5) is 25.5. The number of methoxy groups -OCH3 is 1. The van der Waals surface area contributed by atoms with Crippen molar-refractivity contribution >= 4 is 22.6 Å². The molecule has 2 aromatic heterocycles. The summed E-state index contributed by atoms with van der Waals surface area (Å²) in [5.74, 6) is -0.357. The molecule has 9 heteroatoms. The number of nitrogens with zero attached hydrogens (tertiary/aromatic N) is 2. The summed E-state index contributed by atoms with van der Waals surface area (Å²) in [5.41, 5.74) is 9.26. The first kappa shape index (κ1) is 23.6. The topological polar surface area (TPSA) is 115 Å². The number of aromatic nitrogens is 3. The van der Waals surface area contributed by atoms with Gasteiger partial charge in [-0.25, -0.2) is 9.49 Å². The van der Waals surface area contributed by atoms with Crippen LogP contribution in [-0.2, 0) is 0 Å². The minimum Gasteiger partial charge on any atom is -0.496 e. The van der Waals surface area contributed by atoms with E-state index in [1.807, 2.05) is 37.4 Å². The first-order chi connectivity index (χ1) is 17.4. The number of nitrogen functional groups attached to an aromatic ring is 1. The highest BCUT2D eigenvalue weighted by atomic mass is 19.1. The van der Waals surface area contributed by atoms with E-state index in [4.69, 9.17) is 10.5 Å². The summed E-state index contributed by atoms with van der Waals surface area (Å²) in [6.07, 6.45) is 6.33. The number of ether oxygens (including phenoxy) is 1. The molecule has 0 spiro atoms. The van der Waals surface area contributed by atoms with E-state index >= 15 is 0 Å². The molecule has 1 unspecified atom stereocenters. The predicted molar refractivity (Wildman–Crippen MR) is 137 cm³/mol. The first-order valence-electron chi connectivity index (χ1n) is 12.0. The monoisotopic (exact) mass is 489 g/mol. The third kappa shape index (κ3) is 4.21. The molecule has 186 valence electrons. The minimum absolute atomic E-state index is 0.133. The van der Waals surface area contributed by atoms with Crippen LogP contribution >= 0.6 is 0 Å². The molecule has 2 aromatic carbocycles. The standard InChI is InChI=1S/C27H28FN5O3/c1-15(30-26(34)20-13-18(28)11-12-22(20)36-2)16-7-9-17(10-8-16)21-14-33(19-5-3-4-6-19)24-23(21)25(29)31-32-27(24)35/h7-15,19H,3-6H2,1-2H3,(H2,29,31)(H,30,34)(H,32,35). The molecule has 8 nitrogen and oxygen atoms in total. The highest BCUT2D eigenvalue weighted by Crippen LogP contribution is 2.38. The van der Waals surface area contributed by atoms with Gasteiger partial charge in [0.2, 0.25) is 0 Å². The van der Waals surface area contributed by atoms with Gasteiger partial charge in [0.25, 0.3) is 11.5 Å². The zero-order chi connectivity index (χ0) is 25.4. The zero-order valence-corrected chi connectivity index (χ0v) is 20.2. The van der Waals surface area contributed by atoms with Gasteiger partial charge in [0, 0.05) is 17.8 Å². The summed E-state index contributed by atoms with van der Waals surface area (Å²) < 4.78 is 21.0. The van der Waals surface area contributed by atoms with Gasteiger partial charge < -0.3 is 20.4 Å². The number of hydrogen-bond donors (Lipinski definition) is 3. The first-order valence-corrected chi connectivity index (χ1v) is 12.0. The van der Waals surface area contributed by atoms with E-state index in [-0.39, 0.29) is 29.0 Å². The molecule has 0 radical (unpaired) electrons. The van der Waals surface area contributed by atoms with Crippen molar-refractivity contribution in [3.05, 3.63) is 76.0 Å². The Morgan fingerprint density at radius 2 is 1.94 bits per heavy atom. The second-order valence-electron chi connectivity index (χ2n) is 9.21. The molecular weight excluding hydrogens is 461 g/mol. The lowest BCUT2D eigenvalue weighted by Gasteiger charge is -2.16. The number of H-pyrrole nitrogens is 1. The quantitative estimate of drug-likeness (QED) is 0.362. The lowest BCUT2D eigenvalue weighted by molar-refractivity contribution is 0.0936. The Kier molecular flexibility index (Phi) is 6.22. The number of nitrogens with two attached hydrogens (primary N) is 1. The van der Waals surface area contributed by atoms with Crippen LogP contribution in [0.15, 0.2) is 53.5 Å². The third-order valence-electron chi connectivity index (χ3n) is 6.98. The Bertz CT molecular complexity index is 1490. The minimum atomic E-state index is -0.512. The van der Waals surface area contributed by atoms with Crippen molar-refractivity contribution in [2.75, 3.05) is 12.8 Å². The number of anilines is 1. The molecule has 1 aliphatic carbocycles. The SMILES string of the molecule is COc1ccc(F)cc1C(=O)NC(C)c1ccc(-c2cn(C3CCCC3)c3c(=O)[nH]nc(N)c23)cc1. The van der Waals surface area contributed by atoms with E-state index < -0.39 is 11.7 Å². The number of nitrogens with one attached hydrogen (secondary N) is 2. The van der Waals surface area contributed by atoms with Gasteiger partial charge in [-0.2, -0.15) is 5.10 Å². The van der Waals surface area contributed by atoms with Gasteiger partial charge in [0.1, 0.15) is 17.1 Å². The van der Waals surface area contributed by atoms with Crippen LogP contribution in [0.25, 0.3) is 22.0 Å². The number of aromatic amines is 1. The van der Waals surface area contributed by atoms with Gasteiger partial charge in [0.05, 0.1) is 24.1 Å². The number of benzene rings is 2. The maximum absolute atomic E-state index is 13.7. The van der Waals surface area contributed by atoms with Crippen molar-refractivity contribution in [3.63, 3.8) is 0 Å². The molecule has 1 saturated carbocycles. The van der Waals surface area contributed by atoms with Crippen molar-refractivity contribution in [1.29, 1.82) is 0 Å². The summed E-state index contributed by atoms with van der Waals surface area (Å²) in [6, 6.07) is 11.5. The van der Waals surface area contributed by atoms with Crippen molar-refractivity contribution in [3.8, 4) is 16.9 Å². The van der Waals surface area contributed by atoms with E-state index in [1.165, 1.54) is 19.2 Å². The number of hydrogen-bond acceptors (Lipinski definition) is 5. The molecule has 4 aromatic rings. The summed E-state index contributed by atoms with van der Waals surface area (Å²) in [6.45, 7) is 1.85.